The lowest BCUT2D eigenvalue weighted by molar-refractivity contribution is -0.122. The number of rotatable bonds is 6. The van der Waals surface area contributed by atoms with Crippen LogP contribution in [0.25, 0.3) is 5.65 Å². The highest BCUT2D eigenvalue weighted by atomic mass is 32.2. The fourth-order valence-electron chi connectivity index (χ4n) is 3.10. The normalized spacial score (nSPS) is 12.3. The molecule has 31 heavy (non-hydrogen) atoms. The Morgan fingerprint density at radius 3 is 2.74 bits per heavy atom. The summed E-state index contributed by atoms with van der Waals surface area (Å²) in [5, 5.41) is 12.0. The molecule has 0 fully saturated rings. The molecule has 2 aromatic carbocycles. The Balaban J connectivity index is 1.27. The summed E-state index contributed by atoms with van der Waals surface area (Å²) >= 11 is 1.44. The fraction of sp³-hybridized carbons (Fsp3) is 0.143. The molecular weight excluding hydrogens is 418 g/mol. The number of carbonyl (C=O) groups is 1. The zero-order valence-corrected chi connectivity index (χ0v) is 17.0. The highest BCUT2D eigenvalue weighted by Crippen LogP contribution is 2.32. The molecular formula is C21H17N5O4S. The van der Waals surface area contributed by atoms with Crippen molar-refractivity contribution < 1.29 is 14.3 Å². The van der Waals surface area contributed by atoms with Gasteiger partial charge in [-0.2, -0.15) is 9.61 Å². The first-order valence-electron chi connectivity index (χ1n) is 9.51. The Hall–Kier alpha value is -3.79. The van der Waals surface area contributed by atoms with E-state index in [1.165, 1.54) is 16.3 Å². The lowest BCUT2D eigenvalue weighted by atomic mass is 10.2. The van der Waals surface area contributed by atoms with E-state index in [2.05, 4.69) is 15.5 Å². The Morgan fingerprint density at radius 2 is 1.87 bits per heavy atom. The number of benzene rings is 2. The van der Waals surface area contributed by atoms with Gasteiger partial charge in [0.1, 0.15) is 11.6 Å². The van der Waals surface area contributed by atoms with E-state index < -0.39 is 5.69 Å². The van der Waals surface area contributed by atoms with Crippen LogP contribution in [-0.2, 0) is 17.9 Å². The van der Waals surface area contributed by atoms with Crippen molar-refractivity contribution in [2.24, 2.45) is 0 Å². The summed E-state index contributed by atoms with van der Waals surface area (Å²) in [7, 11) is 0. The van der Waals surface area contributed by atoms with Crippen LogP contribution in [0.15, 0.2) is 75.4 Å². The van der Waals surface area contributed by atoms with Gasteiger partial charge in [-0.05, 0) is 42.0 Å². The second-order valence-corrected chi connectivity index (χ2v) is 7.86. The molecule has 10 heteroatoms. The summed E-state index contributed by atoms with van der Waals surface area (Å²) in [5.41, 5.74) is 0.777. The second-order valence-electron chi connectivity index (χ2n) is 6.76. The van der Waals surface area contributed by atoms with Crippen LogP contribution in [0.4, 0.5) is 0 Å². The van der Waals surface area contributed by atoms with Gasteiger partial charge in [0, 0.05) is 11.4 Å². The molecule has 2 aromatic heterocycles. The van der Waals surface area contributed by atoms with Crippen molar-refractivity contribution in [1.29, 1.82) is 0 Å². The van der Waals surface area contributed by atoms with Crippen LogP contribution in [0.1, 0.15) is 5.56 Å². The second kappa shape index (κ2) is 8.15. The third kappa shape index (κ3) is 4.10. The van der Waals surface area contributed by atoms with Crippen LogP contribution in [0.3, 0.4) is 0 Å². The predicted molar refractivity (Wildman–Crippen MR) is 112 cm³/mol. The molecule has 156 valence electrons. The van der Waals surface area contributed by atoms with Gasteiger partial charge in [0.2, 0.25) is 12.7 Å². The quantitative estimate of drug-likeness (QED) is 0.495. The monoisotopic (exact) mass is 435 g/mol. The van der Waals surface area contributed by atoms with E-state index in [0.29, 0.717) is 28.7 Å². The van der Waals surface area contributed by atoms with Gasteiger partial charge in [-0.25, -0.2) is 9.48 Å². The fourth-order valence-corrected chi connectivity index (χ4v) is 3.90. The molecule has 4 aromatic rings. The van der Waals surface area contributed by atoms with Crippen LogP contribution in [0, 0.1) is 0 Å². The van der Waals surface area contributed by atoms with Gasteiger partial charge in [-0.15, -0.1) is 5.10 Å². The van der Waals surface area contributed by atoms with E-state index in [0.717, 1.165) is 15.1 Å². The first-order chi connectivity index (χ1) is 15.2. The molecule has 1 amide bonds. The van der Waals surface area contributed by atoms with Gasteiger partial charge in [-0.1, -0.05) is 36.0 Å². The van der Waals surface area contributed by atoms with Crippen molar-refractivity contribution in [2.75, 3.05) is 6.79 Å². The summed E-state index contributed by atoms with van der Waals surface area (Å²) in [5.74, 6) is 1.00. The van der Waals surface area contributed by atoms with Crippen LogP contribution < -0.4 is 20.5 Å². The van der Waals surface area contributed by atoms with E-state index in [1.54, 1.807) is 18.2 Å². The largest absolute Gasteiger partial charge is 0.454 e. The Morgan fingerprint density at radius 1 is 1.03 bits per heavy atom. The van der Waals surface area contributed by atoms with Crippen molar-refractivity contribution in [3.05, 3.63) is 76.7 Å². The minimum Gasteiger partial charge on any atom is -0.454 e. The van der Waals surface area contributed by atoms with Gasteiger partial charge in [0.05, 0.1) is 0 Å². The van der Waals surface area contributed by atoms with Crippen LogP contribution in [0.5, 0.6) is 11.5 Å². The molecule has 9 nitrogen and oxygen atoms in total. The summed E-state index contributed by atoms with van der Waals surface area (Å²) in [6.45, 7) is 0.295. The highest BCUT2D eigenvalue weighted by Gasteiger charge is 2.15. The molecule has 1 N–H and O–H groups in total. The molecule has 5 rings (SSSR count). The third-order valence-electron chi connectivity index (χ3n) is 4.60. The number of carbonyl (C=O) groups excluding carboxylic acids is 1. The molecule has 1 aliphatic rings. The number of nitrogens with one attached hydrogen (secondary N) is 1. The van der Waals surface area contributed by atoms with Gasteiger partial charge >= 0.3 is 5.69 Å². The zero-order chi connectivity index (χ0) is 21.2. The maximum absolute atomic E-state index is 12.7. The number of hydrogen-bond donors (Lipinski definition) is 1. The Labute approximate surface area is 180 Å². The molecule has 0 bridgehead atoms. The highest BCUT2D eigenvalue weighted by molar-refractivity contribution is 7.99. The van der Waals surface area contributed by atoms with Crippen molar-refractivity contribution in [1.82, 2.24) is 24.7 Å². The average molecular weight is 435 g/mol. The van der Waals surface area contributed by atoms with E-state index >= 15 is 0 Å². The first-order valence-corrected chi connectivity index (χ1v) is 10.3. The molecule has 3 heterocycles. The van der Waals surface area contributed by atoms with Gasteiger partial charge < -0.3 is 14.8 Å². The molecule has 0 unspecified atom stereocenters. The van der Waals surface area contributed by atoms with Crippen molar-refractivity contribution in [3.63, 3.8) is 0 Å². The number of fused-ring (bicyclic) bond motifs is 2. The first kappa shape index (κ1) is 19.2. The SMILES string of the molecule is O=C(Cn1nc2ccc(Sc3ccccc3)nn2c1=O)NCc1ccc2c(c1)OCO2. The maximum Gasteiger partial charge on any atom is 0.367 e. The number of ether oxygens (including phenoxy) is 2. The summed E-state index contributed by atoms with van der Waals surface area (Å²) in [6.07, 6.45) is 0. The Kier molecular flexibility index (Phi) is 5.04. The standard InChI is InChI=1S/C21H17N5O4S/c27-19(22-11-14-6-7-16-17(10-14)30-13-29-16)12-25-21(28)26-18(23-25)8-9-20(24-26)31-15-4-2-1-3-5-15/h1-10H,11-13H2,(H,22,27). The molecule has 0 radical (unpaired) electrons. The van der Waals surface area contributed by atoms with Crippen LogP contribution in [0.2, 0.25) is 0 Å². The van der Waals surface area contributed by atoms with E-state index in [4.69, 9.17) is 9.47 Å². The van der Waals surface area contributed by atoms with Gasteiger partial charge in [0.15, 0.2) is 17.1 Å². The number of amides is 1. The van der Waals surface area contributed by atoms with E-state index in [9.17, 15) is 9.59 Å². The molecule has 0 aliphatic carbocycles. The zero-order valence-electron chi connectivity index (χ0n) is 16.2. The molecule has 0 saturated carbocycles. The Bertz CT molecular complexity index is 1320. The molecule has 0 spiro atoms. The number of hydrogen-bond acceptors (Lipinski definition) is 7. The summed E-state index contributed by atoms with van der Waals surface area (Å²) < 4.78 is 12.9. The van der Waals surface area contributed by atoms with Crippen molar-refractivity contribution in [3.8, 4) is 11.5 Å². The van der Waals surface area contributed by atoms with Gasteiger partial charge in [0.25, 0.3) is 0 Å². The topological polar surface area (TPSA) is 99.8 Å². The van der Waals surface area contributed by atoms with Crippen molar-refractivity contribution >= 4 is 23.3 Å². The van der Waals surface area contributed by atoms with E-state index in [1.807, 2.05) is 42.5 Å². The summed E-state index contributed by atoms with van der Waals surface area (Å²) in [4.78, 5) is 26.0. The van der Waals surface area contributed by atoms with E-state index in [-0.39, 0.29) is 19.2 Å². The van der Waals surface area contributed by atoms with Crippen molar-refractivity contribution in [2.45, 2.75) is 23.0 Å². The minimum atomic E-state index is -0.469. The van der Waals surface area contributed by atoms with Crippen LogP contribution in [-0.4, -0.2) is 32.1 Å². The lowest BCUT2D eigenvalue weighted by Gasteiger charge is -2.06. The lowest BCUT2D eigenvalue weighted by Crippen LogP contribution is -2.32. The number of aromatic nitrogens is 4. The smallest absolute Gasteiger partial charge is 0.367 e. The average Bonchev–Trinajstić information content (AvgIpc) is 3.37. The maximum atomic E-state index is 12.7. The molecule has 0 atom stereocenters. The number of nitrogens with zero attached hydrogens (tertiary/aromatic N) is 4. The summed E-state index contributed by atoms with van der Waals surface area (Å²) in [6, 6.07) is 18.7. The molecule has 1 aliphatic heterocycles. The third-order valence-corrected chi connectivity index (χ3v) is 5.54. The van der Waals surface area contributed by atoms with Crippen LogP contribution >= 0.6 is 11.8 Å². The molecule has 0 saturated heterocycles. The minimum absolute atomic E-state index is 0.196. The van der Waals surface area contributed by atoms with Gasteiger partial charge in [-0.3, -0.25) is 4.79 Å². The predicted octanol–water partition coefficient (Wildman–Crippen LogP) is 2.09.